The Labute approximate surface area is 135 Å². The Hall–Kier alpha value is -2.05. The number of likely N-dealkylation sites (tertiary alicyclic amines) is 1. The molecule has 0 unspecified atom stereocenters. The lowest BCUT2D eigenvalue weighted by Gasteiger charge is -2.53. The van der Waals surface area contributed by atoms with Crippen LogP contribution in [0.3, 0.4) is 0 Å². The van der Waals surface area contributed by atoms with Crippen molar-refractivity contribution in [1.82, 2.24) is 19.9 Å². The first-order valence-corrected chi connectivity index (χ1v) is 7.99. The van der Waals surface area contributed by atoms with E-state index in [1.54, 1.807) is 24.8 Å². The van der Waals surface area contributed by atoms with Gasteiger partial charge in [0, 0.05) is 57.3 Å². The second-order valence-corrected chi connectivity index (χ2v) is 6.31. The summed E-state index contributed by atoms with van der Waals surface area (Å²) in [7, 11) is 0. The molecule has 23 heavy (non-hydrogen) atoms. The van der Waals surface area contributed by atoms with E-state index in [1.807, 2.05) is 12.3 Å². The standard InChI is InChI=1S/C17H20N4O2/c1-2-14(9-18-4-1)11-21-12-17(13-21)8-15(3-7-22-17)23-16-10-19-5-6-20-16/h1-2,4-6,9-10,15H,3,7-8,11-13H2/t15-/m1/s1. The average molecular weight is 312 g/mol. The largest absolute Gasteiger partial charge is 0.473 e. The van der Waals surface area contributed by atoms with E-state index in [0.29, 0.717) is 5.88 Å². The highest BCUT2D eigenvalue weighted by Gasteiger charge is 2.48. The van der Waals surface area contributed by atoms with Crippen molar-refractivity contribution in [3.05, 3.63) is 48.7 Å². The highest BCUT2D eigenvalue weighted by Crippen LogP contribution is 2.36. The van der Waals surface area contributed by atoms with E-state index in [1.165, 1.54) is 5.56 Å². The zero-order valence-electron chi connectivity index (χ0n) is 13.0. The Kier molecular flexibility index (Phi) is 3.93. The maximum absolute atomic E-state index is 6.06. The Morgan fingerprint density at radius 3 is 2.91 bits per heavy atom. The molecule has 0 amide bonds. The molecule has 1 atom stereocenters. The molecule has 2 fully saturated rings. The lowest BCUT2D eigenvalue weighted by atomic mass is 9.84. The van der Waals surface area contributed by atoms with Crippen molar-refractivity contribution in [1.29, 1.82) is 0 Å². The molecule has 1 spiro atoms. The van der Waals surface area contributed by atoms with Gasteiger partial charge in [-0.05, 0) is 11.6 Å². The minimum atomic E-state index is -0.0622. The van der Waals surface area contributed by atoms with Gasteiger partial charge in [-0.15, -0.1) is 0 Å². The fraction of sp³-hybridized carbons (Fsp3) is 0.471. The molecule has 2 aliphatic rings. The SMILES string of the molecule is c1cncc(CN2CC3(C[C@H](Oc4cnccn4)CCO3)C2)c1. The average Bonchev–Trinajstić information content (AvgIpc) is 2.56. The van der Waals surface area contributed by atoms with Gasteiger partial charge in [0.2, 0.25) is 5.88 Å². The predicted octanol–water partition coefficient (Wildman–Crippen LogP) is 1.68. The number of aromatic nitrogens is 3. The number of hydrogen-bond acceptors (Lipinski definition) is 6. The topological polar surface area (TPSA) is 60.4 Å². The molecular formula is C17H20N4O2. The summed E-state index contributed by atoms with van der Waals surface area (Å²) >= 11 is 0. The number of pyridine rings is 1. The van der Waals surface area contributed by atoms with Crippen LogP contribution in [0.5, 0.6) is 5.88 Å². The molecule has 6 heteroatoms. The number of rotatable bonds is 4. The molecule has 4 rings (SSSR count). The summed E-state index contributed by atoms with van der Waals surface area (Å²) in [6.07, 6.45) is 10.7. The molecule has 0 N–H and O–H groups in total. The molecule has 2 saturated heterocycles. The van der Waals surface area contributed by atoms with Crippen molar-refractivity contribution >= 4 is 0 Å². The van der Waals surface area contributed by atoms with Crippen LogP contribution >= 0.6 is 0 Å². The third-order valence-electron chi connectivity index (χ3n) is 4.43. The summed E-state index contributed by atoms with van der Waals surface area (Å²) in [5.74, 6) is 0.598. The van der Waals surface area contributed by atoms with Gasteiger partial charge < -0.3 is 9.47 Å². The van der Waals surface area contributed by atoms with Crippen molar-refractivity contribution in [3.8, 4) is 5.88 Å². The van der Waals surface area contributed by atoms with Crippen LogP contribution in [0.1, 0.15) is 18.4 Å². The molecule has 6 nitrogen and oxygen atoms in total. The van der Waals surface area contributed by atoms with E-state index in [4.69, 9.17) is 9.47 Å². The zero-order valence-corrected chi connectivity index (χ0v) is 13.0. The van der Waals surface area contributed by atoms with E-state index in [0.717, 1.165) is 39.1 Å². The quantitative estimate of drug-likeness (QED) is 0.856. The van der Waals surface area contributed by atoms with Crippen LogP contribution in [0, 0.1) is 0 Å². The highest BCUT2D eigenvalue weighted by molar-refractivity contribution is 5.11. The minimum Gasteiger partial charge on any atom is -0.473 e. The third kappa shape index (κ3) is 3.33. The summed E-state index contributed by atoms with van der Waals surface area (Å²) < 4.78 is 12.0. The van der Waals surface area contributed by atoms with E-state index in [2.05, 4.69) is 25.9 Å². The lowest BCUT2D eigenvalue weighted by molar-refractivity contribution is -0.188. The smallest absolute Gasteiger partial charge is 0.232 e. The first kappa shape index (κ1) is 14.5. The molecule has 2 aromatic heterocycles. The molecule has 2 aromatic rings. The molecule has 4 heterocycles. The molecule has 0 saturated carbocycles. The second kappa shape index (κ2) is 6.22. The first-order chi connectivity index (χ1) is 11.3. The summed E-state index contributed by atoms with van der Waals surface area (Å²) in [5, 5.41) is 0. The summed E-state index contributed by atoms with van der Waals surface area (Å²) in [4.78, 5) is 14.8. The van der Waals surface area contributed by atoms with Crippen molar-refractivity contribution in [2.24, 2.45) is 0 Å². The number of hydrogen-bond donors (Lipinski definition) is 0. The van der Waals surface area contributed by atoms with Gasteiger partial charge in [-0.1, -0.05) is 6.07 Å². The summed E-state index contributed by atoms with van der Waals surface area (Å²) in [5.41, 5.74) is 1.18. The molecule has 0 radical (unpaired) electrons. The Morgan fingerprint density at radius 2 is 2.13 bits per heavy atom. The summed E-state index contributed by atoms with van der Waals surface area (Å²) in [6.45, 7) is 3.56. The van der Waals surface area contributed by atoms with Gasteiger partial charge in [0.05, 0.1) is 18.4 Å². The first-order valence-electron chi connectivity index (χ1n) is 7.99. The van der Waals surface area contributed by atoms with Crippen molar-refractivity contribution in [2.45, 2.75) is 31.1 Å². The molecule has 0 aliphatic carbocycles. The monoisotopic (exact) mass is 312 g/mol. The molecule has 0 bridgehead atoms. The van der Waals surface area contributed by atoms with Gasteiger partial charge in [-0.25, -0.2) is 4.98 Å². The van der Waals surface area contributed by atoms with Gasteiger partial charge in [-0.3, -0.25) is 14.9 Å². The maximum atomic E-state index is 6.06. The van der Waals surface area contributed by atoms with Crippen LogP contribution in [0.2, 0.25) is 0 Å². The Bertz CT molecular complexity index is 632. The zero-order chi connectivity index (χ0) is 15.5. The fourth-order valence-electron chi connectivity index (χ4n) is 3.45. The fourth-order valence-corrected chi connectivity index (χ4v) is 3.45. The maximum Gasteiger partial charge on any atom is 0.232 e. The molecule has 120 valence electrons. The van der Waals surface area contributed by atoms with Crippen molar-refractivity contribution < 1.29 is 9.47 Å². The minimum absolute atomic E-state index is 0.0622. The van der Waals surface area contributed by atoms with Crippen LogP contribution in [0.15, 0.2) is 43.1 Å². The summed E-state index contributed by atoms with van der Waals surface area (Å²) in [6, 6.07) is 4.09. The van der Waals surface area contributed by atoms with Crippen LogP contribution in [0.25, 0.3) is 0 Å². The van der Waals surface area contributed by atoms with E-state index in [-0.39, 0.29) is 11.7 Å². The van der Waals surface area contributed by atoms with Crippen LogP contribution in [-0.4, -0.2) is 51.3 Å². The van der Waals surface area contributed by atoms with Crippen molar-refractivity contribution in [2.75, 3.05) is 19.7 Å². The molecule has 2 aliphatic heterocycles. The van der Waals surface area contributed by atoms with E-state index < -0.39 is 0 Å². The van der Waals surface area contributed by atoms with E-state index >= 15 is 0 Å². The third-order valence-corrected chi connectivity index (χ3v) is 4.43. The number of nitrogens with zero attached hydrogens (tertiary/aromatic N) is 4. The normalized spacial score (nSPS) is 23.4. The van der Waals surface area contributed by atoms with Crippen molar-refractivity contribution in [3.63, 3.8) is 0 Å². The predicted molar refractivity (Wildman–Crippen MR) is 83.9 cm³/mol. The van der Waals surface area contributed by atoms with Gasteiger partial charge in [0.25, 0.3) is 0 Å². The lowest BCUT2D eigenvalue weighted by Crippen LogP contribution is -2.65. The van der Waals surface area contributed by atoms with Gasteiger partial charge >= 0.3 is 0 Å². The number of ether oxygens (including phenoxy) is 2. The van der Waals surface area contributed by atoms with Gasteiger partial charge in [-0.2, -0.15) is 0 Å². The molecule has 0 aromatic carbocycles. The van der Waals surface area contributed by atoms with Gasteiger partial charge in [0.1, 0.15) is 6.10 Å². The Morgan fingerprint density at radius 1 is 1.22 bits per heavy atom. The van der Waals surface area contributed by atoms with Crippen LogP contribution in [-0.2, 0) is 11.3 Å². The van der Waals surface area contributed by atoms with E-state index in [9.17, 15) is 0 Å². The van der Waals surface area contributed by atoms with Crippen LogP contribution in [0.4, 0.5) is 0 Å². The van der Waals surface area contributed by atoms with Gasteiger partial charge in [0.15, 0.2) is 0 Å². The second-order valence-electron chi connectivity index (χ2n) is 6.31. The molecular weight excluding hydrogens is 292 g/mol. The van der Waals surface area contributed by atoms with Crippen LogP contribution < -0.4 is 4.74 Å². The Balaban J connectivity index is 1.32. The highest BCUT2D eigenvalue weighted by atomic mass is 16.5.